The number of hydrogen-bond donors (Lipinski definition) is 2. The second-order valence-corrected chi connectivity index (χ2v) is 5.02. The third-order valence-electron chi connectivity index (χ3n) is 3.43. The first-order valence-electron chi connectivity index (χ1n) is 6.78. The average Bonchev–Trinajstić information content (AvgIpc) is 2.39. The molecule has 3 N–H and O–H groups in total. The molecule has 104 valence electrons. The lowest BCUT2D eigenvalue weighted by Gasteiger charge is -2.22. The minimum absolute atomic E-state index is 0.354. The van der Waals surface area contributed by atoms with Gasteiger partial charge in [-0.05, 0) is 57.3 Å². The predicted octanol–water partition coefficient (Wildman–Crippen LogP) is 1.26. The van der Waals surface area contributed by atoms with Crippen LogP contribution in [-0.2, 0) is 0 Å². The first-order valence-corrected chi connectivity index (χ1v) is 6.78. The highest BCUT2D eigenvalue weighted by atomic mass is 16.5. The fourth-order valence-electron chi connectivity index (χ4n) is 2.32. The monoisotopic (exact) mass is 263 g/mol. The average molecular weight is 263 g/mol. The second kappa shape index (κ2) is 6.52. The third-order valence-corrected chi connectivity index (χ3v) is 3.43. The van der Waals surface area contributed by atoms with Gasteiger partial charge in [-0.2, -0.15) is 0 Å². The summed E-state index contributed by atoms with van der Waals surface area (Å²) in [6, 6.07) is 3.43. The summed E-state index contributed by atoms with van der Waals surface area (Å²) in [5.41, 5.74) is 6.48. The Bertz CT molecular complexity index is 442. The van der Waals surface area contributed by atoms with Crippen LogP contribution in [0.2, 0.25) is 0 Å². The van der Waals surface area contributed by atoms with Crippen LogP contribution in [-0.4, -0.2) is 30.6 Å². The summed E-state index contributed by atoms with van der Waals surface area (Å²) in [5, 5.41) is 3.38. The number of nitrogens with two attached hydrogens (primary N) is 1. The van der Waals surface area contributed by atoms with E-state index in [0.717, 1.165) is 25.2 Å². The van der Waals surface area contributed by atoms with Crippen molar-refractivity contribution in [3.63, 3.8) is 0 Å². The topological polar surface area (TPSA) is 77.2 Å². The van der Waals surface area contributed by atoms with E-state index < -0.39 is 5.91 Å². The van der Waals surface area contributed by atoms with Crippen LogP contribution >= 0.6 is 0 Å². The van der Waals surface area contributed by atoms with Gasteiger partial charge in [-0.3, -0.25) is 4.79 Å². The lowest BCUT2D eigenvalue weighted by molar-refractivity contribution is 0.0995. The van der Waals surface area contributed by atoms with E-state index in [1.165, 1.54) is 12.8 Å². The molecular weight excluding hydrogens is 242 g/mol. The minimum atomic E-state index is -0.498. The standard InChI is InChI=1S/C14H21N3O2/c1-10-4-5-12(13(15)18)14(17-10)19-8-6-11-3-2-7-16-9-11/h4-5,11,16H,2-3,6-9H2,1H3,(H2,15,18). The van der Waals surface area contributed by atoms with Crippen LogP contribution in [0.5, 0.6) is 5.88 Å². The van der Waals surface area contributed by atoms with E-state index in [0.29, 0.717) is 24.0 Å². The number of nitrogens with one attached hydrogen (secondary N) is 1. The molecule has 5 heteroatoms. The van der Waals surface area contributed by atoms with E-state index in [1.807, 2.05) is 6.92 Å². The van der Waals surface area contributed by atoms with Crippen molar-refractivity contribution in [2.75, 3.05) is 19.7 Å². The Morgan fingerprint density at radius 1 is 1.58 bits per heavy atom. The zero-order chi connectivity index (χ0) is 13.7. The molecule has 1 unspecified atom stereocenters. The molecule has 0 aliphatic carbocycles. The van der Waals surface area contributed by atoms with Crippen molar-refractivity contribution < 1.29 is 9.53 Å². The molecule has 1 amide bonds. The highest BCUT2D eigenvalue weighted by Crippen LogP contribution is 2.18. The maximum Gasteiger partial charge on any atom is 0.254 e. The van der Waals surface area contributed by atoms with Crippen molar-refractivity contribution in [2.45, 2.75) is 26.2 Å². The van der Waals surface area contributed by atoms with Crippen molar-refractivity contribution in [3.8, 4) is 5.88 Å². The largest absolute Gasteiger partial charge is 0.477 e. The normalized spacial score (nSPS) is 19.1. The number of pyridine rings is 1. The van der Waals surface area contributed by atoms with Crippen LogP contribution in [0.3, 0.4) is 0 Å². The Balaban J connectivity index is 1.91. The van der Waals surface area contributed by atoms with Crippen LogP contribution in [0.1, 0.15) is 35.3 Å². The molecule has 0 bridgehead atoms. The van der Waals surface area contributed by atoms with Gasteiger partial charge < -0.3 is 15.8 Å². The minimum Gasteiger partial charge on any atom is -0.477 e. The molecule has 1 aliphatic rings. The van der Waals surface area contributed by atoms with Gasteiger partial charge in [0.1, 0.15) is 5.56 Å². The van der Waals surface area contributed by atoms with Crippen molar-refractivity contribution in [3.05, 3.63) is 23.4 Å². The Kier molecular flexibility index (Phi) is 4.74. The fraction of sp³-hybridized carbons (Fsp3) is 0.571. The number of aromatic nitrogens is 1. The van der Waals surface area contributed by atoms with Gasteiger partial charge in [0.25, 0.3) is 5.91 Å². The number of carbonyl (C=O) groups is 1. The van der Waals surface area contributed by atoms with E-state index >= 15 is 0 Å². The predicted molar refractivity (Wildman–Crippen MR) is 73.2 cm³/mol. The van der Waals surface area contributed by atoms with Gasteiger partial charge in [0.2, 0.25) is 5.88 Å². The molecule has 1 fully saturated rings. The van der Waals surface area contributed by atoms with Crippen LogP contribution < -0.4 is 15.8 Å². The van der Waals surface area contributed by atoms with Gasteiger partial charge in [-0.15, -0.1) is 0 Å². The lowest BCUT2D eigenvalue weighted by Crippen LogP contribution is -2.30. The fourth-order valence-corrected chi connectivity index (χ4v) is 2.32. The molecule has 0 radical (unpaired) electrons. The van der Waals surface area contributed by atoms with Crippen molar-refractivity contribution >= 4 is 5.91 Å². The van der Waals surface area contributed by atoms with E-state index in [9.17, 15) is 4.79 Å². The zero-order valence-electron chi connectivity index (χ0n) is 11.3. The van der Waals surface area contributed by atoms with Gasteiger partial charge in [0.15, 0.2) is 0 Å². The molecule has 2 heterocycles. The van der Waals surface area contributed by atoms with Gasteiger partial charge >= 0.3 is 0 Å². The zero-order valence-corrected chi connectivity index (χ0v) is 11.3. The molecule has 0 saturated carbocycles. The van der Waals surface area contributed by atoms with Crippen LogP contribution in [0.25, 0.3) is 0 Å². The Morgan fingerprint density at radius 3 is 3.11 bits per heavy atom. The summed E-state index contributed by atoms with van der Waals surface area (Å²) < 4.78 is 5.64. The van der Waals surface area contributed by atoms with Crippen molar-refractivity contribution in [2.24, 2.45) is 11.7 Å². The smallest absolute Gasteiger partial charge is 0.254 e. The number of carbonyl (C=O) groups excluding carboxylic acids is 1. The summed E-state index contributed by atoms with van der Waals surface area (Å²) in [6.07, 6.45) is 3.43. The number of hydrogen-bond acceptors (Lipinski definition) is 4. The highest BCUT2D eigenvalue weighted by Gasteiger charge is 2.15. The summed E-state index contributed by atoms with van der Waals surface area (Å²) in [4.78, 5) is 15.5. The molecule has 19 heavy (non-hydrogen) atoms. The lowest BCUT2D eigenvalue weighted by atomic mass is 9.97. The molecule has 1 aromatic heterocycles. The van der Waals surface area contributed by atoms with Crippen LogP contribution in [0.4, 0.5) is 0 Å². The summed E-state index contributed by atoms with van der Waals surface area (Å²) in [6.45, 7) is 4.60. The van der Waals surface area contributed by atoms with E-state index in [2.05, 4.69) is 10.3 Å². The molecule has 2 rings (SSSR count). The number of piperidine rings is 1. The summed E-state index contributed by atoms with van der Waals surface area (Å²) in [7, 11) is 0. The molecule has 0 spiro atoms. The molecule has 1 aromatic rings. The molecule has 1 atom stereocenters. The van der Waals surface area contributed by atoms with E-state index in [-0.39, 0.29) is 0 Å². The number of aryl methyl sites for hydroxylation is 1. The quantitative estimate of drug-likeness (QED) is 0.838. The maximum atomic E-state index is 11.3. The van der Waals surface area contributed by atoms with Gasteiger partial charge in [0.05, 0.1) is 6.61 Å². The van der Waals surface area contributed by atoms with E-state index in [4.69, 9.17) is 10.5 Å². The first-order chi connectivity index (χ1) is 9.16. The number of ether oxygens (including phenoxy) is 1. The Morgan fingerprint density at radius 2 is 2.42 bits per heavy atom. The number of nitrogens with zero attached hydrogens (tertiary/aromatic N) is 1. The molecule has 0 aromatic carbocycles. The second-order valence-electron chi connectivity index (χ2n) is 5.02. The number of primary amides is 1. The maximum absolute atomic E-state index is 11.3. The van der Waals surface area contributed by atoms with Gasteiger partial charge in [-0.25, -0.2) is 4.98 Å². The third kappa shape index (κ3) is 3.92. The number of amides is 1. The molecule has 5 nitrogen and oxygen atoms in total. The SMILES string of the molecule is Cc1ccc(C(N)=O)c(OCCC2CCCNC2)n1. The van der Waals surface area contributed by atoms with Crippen molar-refractivity contribution in [1.29, 1.82) is 0 Å². The van der Waals surface area contributed by atoms with Gasteiger partial charge in [-0.1, -0.05) is 0 Å². The summed E-state index contributed by atoms with van der Waals surface area (Å²) >= 11 is 0. The Hall–Kier alpha value is -1.62. The number of rotatable bonds is 5. The van der Waals surface area contributed by atoms with Crippen LogP contribution in [0.15, 0.2) is 12.1 Å². The van der Waals surface area contributed by atoms with Crippen LogP contribution in [0, 0.1) is 12.8 Å². The first kappa shape index (κ1) is 13.8. The van der Waals surface area contributed by atoms with E-state index in [1.54, 1.807) is 12.1 Å². The van der Waals surface area contributed by atoms with Crippen molar-refractivity contribution in [1.82, 2.24) is 10.3 Å². The molecular formula is C14H21N3O2. The Labute approximate surface area is 113 Å². The summed E-state index contributed by atoms with van der Waals surface area (Å²) in [5.74, 6) is 0.508. The molecule has 1 saturated heterocycles. The molecule has 1 aliphatic heterocycles. The highest BCUT2D eigenvalue weighted by molar-refractivity contribution is 5.95. The van der Waals surface area contributed by atoms with Gasteiger partial charge in [0, 0.05) is 5.69 Å².